The molecule has 1 fully saturated rings. The number of thioether (sulfide) groups is 1. The van der Waals surface area contributed by atoms with Crippen LogP contribution in [0.15, 0.2) is 24.3 Å². The molecule has 10 heteroatoms. The molecule has 2 aliphatic rings. The summed E-state index contributed by atoms with van der Waals surface area (Å²) >= 11 is 1.48. The number of benzene rings is 1. The summed E-state index contributed by atoms with van der Waals surface area (Å²) in [5, 5.41) is 13.2. The Morgan fingerprint density at radius 3 is 2.63 bits per heavy atom. The Bertz CT molecular complexity index is 1180. The number of aliphatic carboxylic acids is 1. The summed E-state index contributed by atoms with van der Waals surface area (Å²) in [6, 6.07) is 5.10. The largest absolute Gasteiger partial charge is 0.480 e. The number of aromatic amines is 1. The fraction of sp³-hybridized carbons (Fsp3) is 0.520. The molecule has 1 aromatic carbocycles. The van der Waals surface area contributed by atoms with Crippen LogP contribution in [-0.4, -0.2) is 74.3 Å². The zero-order valence-electron chi connectivity index (χ0n) is 20.5. The number of carbonyl (C=O) groups is 4. The van der Waals surface area contributed by atoms with E-state index in [4.69, 9.17) is 0 Å². The summed E-state index contributed by atoms with van der Waals surface area (Å²) in [5.41, 5.74) is 1.33. The number of nitrogens with zero attached hydrogens (tertiary/aromatic N) is 2. The van der Waals surface area contributed by atoms with Gasteiger partial charge in [-0.3, -0.25) is 9.59 Å². The van der Waals surface area contributed by atoms with Gasteiger partial charge in [-0.05, 0) is 55.7 Å². The smallest absolute Gasteiger partial charge is 0.328 e. The summed E-state index contributed by atoms with van der Waals surface area (Å²) in [5.74, 6) is -1.67. The van der Waals surface area contributed by atoms with Crippen molar-refractivity contribution < 1.29 is 24.3 Å². The minimum absolute atomic E-state index is 0.00473. The van der Waals surface area contributed by atoms with E-state index >= 15 is 0 Å². The number of H-pyrrole nitrogens is 1. The lowest BCUT2D eigenvalue weighted by molar-refractivity contribution is -0.144. The Morgan fingerprint density at radius 1 is 1.26 bits per heavy atom. The number of carboxylic acid groups (broad SMARTS) is 1. The lowest BCUT2D eigenvalue weighted by Gasteiger charge is -2.36. The number of hydrogen-bond acceptors (Lipinski definition) is 5. The average molecular weight is 501 g/mol. The molecule has 9 nitrogen and oxygen atoms in total. The monoisotopic (exact) mass is 500 g/mol. The van der Waals surface area contributed by atoms with Crippen molar-refractivity contribution in [3.05, 3.63) is 35.5 Å². The second-order valence-corrected chi connectivity index (χ2v) is 10.8. The summed E-state index contributed by atoms with van der Waals surface area (Å²) in [7, 11) is 0. The maximum Gasteiger partial charge on any atom is 0.328 e. The molecule has 0 bridgehead atoms. The van der Waals surface area contributed by atoms with Crippen molar-refractivity contribution in [1.29, 1.82) is 0 Å². The van der Waals surface area contributed by atoms with Gasteiger partial charge in [0.15, 0.2) is 5.54 Å². The number of carbonyl (C=O) groups excluding carboxylic acids is 3. The lowest BCUT2D eigenvalue weighted by atomic mass is 9.86. The Labute approximate surface area is 208 Å². The van der Waals surface area contributed by atoms with Crippen LogP contribution in [0.25, 0.3) is 10.9 Å². The first-order chi connectivity index (χ1) is 16.6. The van der Waals surface area contributed by atoms with E-state index in [1.165, 1.54) is 16.7 Å². The number of nitrogens with one attached hydrogen (secondary N) is 2. The van der Waals surface area contributed by atoms with E-state index in [9.17, 15) is 24.3 Å². The van der Waals surface area contributed by atoms with Crippen LogP contribution in [0.5, 0.6) is 0 Å². The van der Waals surface area contributed by atoms with Gasteiger partial charge in [0, 0.05) is 17.4 Å². The highest BCUT2D eigenvalue weighted by Gasteiger charge is 2.60. The van der Waals surface area contributed by atoms with Crippen molar-refractivity contribution in [3.8, 4) is 0 Å². The van der Waals surface area contributed by atoms with Gasteiger partial charge in [0.05, 0.1) is 5.69 Å². The van der Waals surface area contributed by atoms with Gasteiger partial charge in [-0.2, -0.15) is 11.8 Å². The predicted octanol–water partition coefficient (Wildman–Crippen LogP) is 2.94. The molecule has 0 aliphatic carbocycles. The van der Waals surface area contributed by atoms with E-state index < -0.39 is 41.4 Å². The van der Waals surface area contributed by atoms with E-state index in [1.54, 1.807) is 6.92 Å². The molecular weight excluding hydrogens is 468 g/mol. The second kappa shape index (κ2) is 9.56. The first-order valence-electron chi connectivity index (χ1n) is 11.9. The fourth-order valence-corrected chi connectivity index (χ4v) is 5.70. The first-order valence-corrected chi connectivity index (χ1v) is 13.3. The van der Waals surface area contributed by atoms with Gasteiger partial charge in [0.25, 0.3) is 5.91 Å². The Morgan fingerprint density at radius 2 is 1.97 bits per heavy atom. The van der Waals surface area contributed by atoms with Gasteiger partial charge in [-0.15, -0.1) is 0 Å². The number of urea groups is 1. The number of amides is 4. The topological polar surface area (TPSA) is 123 Å². The van der Waals surface area contributed by atoms with Crippen molar-refractivity contribution in [3.63, 3.8) is 0 Å². The maximum atomic E-state index is 14.0. The van der Waals surface area contributed by atoms with Gasteiger partial charge >= 0.3 is 12.0 Å². The van der Waals surface area contributed by atoms with Crippen LogP contribution in [-0.2, 0) is 26.3 Å². The molecule has 0 unspecified atom stereocenters. The predicted molar refractivity (Wildman–Crippen MR) is 134 cm³/mol. The summed E-state index contributed by atoms with van der Waals surface area (Å²) in [6.07, 6.45) is 2.94. The van der Waals surface area contributed by atoms with E-state index in [0.717, 1.165) is 21.4 Å². The summed E-state index contributed by atoms with van der Waals surface area (Å²) in [6.45, 7) is 5.88. The highest BCUT2D eigenvalue weighted by Crippen LogP contribution is 2.45. The zero-order valence-corrected chi connectivity index (χ0v) is 21.3. The number of para-hydroxylation sites is 1. The van der Waals surface area contributed by atoms with Gasteiger partial charge in [0.2, 0.25) is 5.91 Å². The van der Waals surface area contributed by atoms with Crippen molar-refractivity contribution in [2.45, 2.75) is 57.7 Å². The van der Waals surface area contributed by atoms with Crippen LogP contribution in [0.4, 0.5) is 4.79 Å². The molecular formula is C25H32N4O5S. The van der Waals surface area contributed by atoms with Crippen LogP contribution >= 0.6 is 11.8 Å². The Balaban J connectivity index is 1.70. The minimum atomic E-state index is -1.26. The highest BCUT2D eigenvalue weighted by molar-refractivity contribution is 7.98. The number of imide groups is 1. The molecule has 3 N–H and O–H groups in total. The fourth-order valence-electron chi connectivity index (χ4n) is 5.23. The first kappa shape index (κ1) is 25.1. The number of rotatable bonds is 9. The third kappa shape index (κ3) is 4.17. The normalized spacial score (nSPS) is 21.3. The van der Waals surface area contributed by atoms with E-state index in [-0.39, 0.29) is 18.8 Å². The van der Waals surface area contributed by atoms with E-state index in [2.05, 4.69) is 10.3 Å². The van der Waals surface area contributed by atoms with Gasteiger partial charge in [-0.1, -0.05) is 32.0 Å². The zero-order chi connectivity index (χ0) is 25.5. The van der Waals surface area contributed by atoms with Gasteiger partial charge in [0.1, 0.15) is 12.1 Å². The SMILES string of the molecule is CSCC[C@@H](NC(=O)[C@@H](CC(C)C)N1C(=O)N2CCc3c([nH]c4ccccc34)[C@@]2(C)C1=O)C(=O)O. The Hall–Kier alpha value is -3.01. The molecule has 4 amide bonds. The number of hydrogen-bond donors (Lipinski definition) is 3. The van der Waals surface area contributed by atoms with Crippen molar-refractivity contribution >= 4 is 46.5 Å². The number of fused-ring (bicyclic) bond motifs is 5. The number of carboxylic acids is 1. The summed E-state index contributed by atoms with van der Waals surface area (Å²) in [4.78, 5) is 58.7. The van der Waals surface area contributed by atoms with Crippen LogP contribution in [0.1, 0.15) is 44.9 Å². The molecule has 4 rings (SSSR count). The van der Waals surface area contributed by atoms with Gasteiger partial charge < -0.3 is 20.3 Å². The van der Waals surface area contributed by atoms with E-state index in [1.807, 2.05) is 44.4 Å². The van der Waals surface area contributed by atoms with Crippen molar-refractivity contribution in [2.24, 2.45) is 5.92 Å². The molecule has 0 radical (unpaired) electrons. The molecule has 2 aromatic rings. The molecule has 2 aliphatic heterocycles. The van der Waals surface area contributed by atoms with E-state index in [0.29, 0.717) is 24.4 Å². The summed E-state index contributed by atoms with van der Waals surface area (Å²) < 4.78 is 0. The third-order valence-corrected chi connectivity index (χ3v) is 7.68. The van der Waals surface area contributed by atoms with Crippen LogP contribution in [0.2, 0.25) is 0 Å². The lowest BCUT2D eigenvalue weighted by Crippen LogP contribution is -2.54. The molecule has 188 valence electrons. The van der Waals surface area contributed by atoms with Crippen molar-refractivity contribution in [1.82, 2.24) is 20.1 Å². The molecule has 1 aromatic heterocycles. The minimum Gasteiger partial charge on any atom is -0.480 e. The van der Waals surface area contributed by atoms with Gasteiger partial charge in [-0.25, -0.2) is 14.5 Å². The molecule has 0 spiro atoms. The molecule has 0 saturated carbocycles. The third-order valence-electron chi connectivity index (χ3n) is 7.03. The molecule has 3 atom stereocenters. The Kier molecular flexibility index (Phi) is 6.86. The van der Waals surface area contributed by atoms with Crippen LogP contribution in [0.3, 0.4) is 0 Å². The van der Waals surface area contributed by atoms with Crippen LogP contribution < -0.4 is 5.32 Å². The molecule has 1 saturated heterocycles. The quantitative estimate of drug-likeness (QED) is 0.455. The average Bonchev–Trinajstić information content (AvgIpc) is 3.28. The molecule has 3 heterocycles. The highest BCUT2D eigenvalue weighted by atomic mass is 32.2. The maximum absolute atomic E-state index is 14.0. The van der Waals surface area contributed by atoms with Crippen molar-refractivity contribution in [2.75, 3.05) is 18.6 Å². The molecule has 35 heavy (non-hydrogen) atoms. The standard InChI is InChI=1S/C25H32N4O5S/c1-14(2)13-19(21(30)27-18(22(31)32)10-12-35-4)29-23(33)25(3)20-16(9-11-28(25)24(29)34)15-7-5-6-8-17(15)26-20/h5-8,14,18-19,26H,9-13H2,1-4H3,(H,27,30)(H,31,32)/t18-,19-,25+/m1/s1. The van der Waals surface area contributed by atoms with Crippen LogP contribution in [0, 0.1) is 5.92 Å². The second-order valence-electron chi connectivity index (χ2n) is 9.78. The number of aromatic nitrogens is 1.